The number of hydrogen-bond acceptors (Lipinski definition) is 5. The molecule has 3 heterocycles. The van der Waals surface area contributed by atoms with Gasteiger partial charge in [0, 0.05) is 28.7 Å². The maximum atomic E-state index is 12.4. The smallest absolute Gasteiger partial charge is 0.230 e. The molecule has 0 spiro atoms. The fourth-order valence-corrected chi connectivity index (χ4v) is 4.44. The lowest BCUT2D eigenvalue weighted by molar-refractivity contribution is -0.119. The van der Waals surface area contributed by atoms with Crippen LogP contribution in [0.3, 0.4) is 0 Å². The summed E-state index contributed by atoms with van der Waals surface area (Å²) in [6.45, 7) is 2.58. The van der Waals surface area contributed by atoms with Gasteiger partial charge in [-0.25, -0.2) is 0 Å². The Morgan fingerprint density at radius 1 is 1.30 bits per heavy atom. The van der Waals surface area contributed by atoms with E-state index < -0.39 is 0 Å². The fourth-order valence-electron chi connectivity index (χ4n) is 3.69. The normalized spacial score (nSPS) is 14.8. The van der Waals surface area contributed by atoms with Crippen molar-refractivity contribution < 1.29 is 9.21 Å². The third kappa shape index (κ3) is 3.87. The van der Waals surface area contributed by atoms with E-state index in [2.05, 4.69) is 33.5 Å². The predicted molar refractivity (Wildman–Crippen MR) is 116 cm³/mol. The van der Waals surface area contributed by atoms with Crippen molar-refractivity contribution >= 4 is 28.6 Å². The van der Waals surface area contributed by atoms with E-state index in [1.165, 1.54) is 24.6 Å². The molecule has 1 aliphatic rings. The van der Waals surface area contributed by atoms with Crippen LogP contribution < -0.4 is 5.32 Å². The molecule has 0 aliphatic heterocycles. The second-order valence-electron chi connectivity index (χ2n) is 7.70. The van der Waals surface area contributed by atoms with Crippen LogP contribution >= 0.6 is 11.8 Å². The van der Waals surface area contributed by atoms with Gasteiger partial charge in [-0.05, 0) is 43.9 Å². The molecule has 0 radical (unpaired) electrons. The second-order valence-corrected chi connectivity index (χ2v) is 8.64. The van der Waals surface area contributed by atoms with Gasteiger partial charge < -0.3 is 14.7 Å². The van der Waals surface area contributed by atoms with Crippen molar-refractivity contribution in [3.63, 3.8) is 0 Å². The van der Waals surface area contributed by atoms with Crippen molar-refractivity contribution in [2.24, 2.45) is 5.92 Å². The second kappa shape index (κ2) is 8.02. The molecule has 1 fully saturated rings. The highest BCUT2D eigenvalue weighted by atomic mass is 32.2. The summed E-state index contributed by atoms with van der Waals surface area (Å²) in [7, 11) is 0. The highest BCUT2D eigenvalue weighted by Crippen LogP contribution is 2.33. The summed E-state index contributed by atoms with van der Waals surface area (Å²) in [5, 5.41) is 13.7. The van der Waals surface area contributed by atoms with Gasteiger partial charge in [0.2, 0.25) is 5.91 Å². The van der Waals surface area contributed by atoms with Crippen LogP contribution in [0.4, 0.5) is 0 Å². The first-order valence-electron chi connectivity index (χ1n) is 10.1. The van der Waals surface area contributed by atoms with E-state index in [0.29, 0.717) is 23.4 Å². The molecule has 7 nitrogen and oxygen atoms in total. The monoisotopic (exact) mass is 421 g/mol. The lowest BCUT2D eigenvalue weighted by Crippen LogP contribution is -2.35. The number of carbonyl (C=O) groups excluding carboxylic acids is 1. The first-order chi connectivity index (χ1) is 14.7. The summed E-state index contributed by atoms with van der Waals surface area (Å²) >= 11 is 1.40. The summed E-state index contributed by atoms with van der Waals surface area (Å²) in [5.74, 6) is 2.53. The Kier molecular flexibility index (Phi) is 5.08. The minimum absolute atomic E-state index is 0.0283. The van der Waals surface area contributed by atoms with Gasteiger partial charge in [-0.3, -0.25) is 9.36 Å². The average Bonchev–Trinajstić information content (AvgIpc) is 3.14. The SMILES string of the molecule is C[C@@H](NC(=O)CSc1nnc(-c2c[nH]c3ccccc23)n1Cc1ccco1)C1CC1. The molecule has 0 bridgehead atoms. The van der Waals surface area contributed by atoms with Crippen LogP contribution in [-0.4, -0.2) is 37.5 Å². The number of thioether (sulfide) groups is 1. The van der Waals surface area contributed by atoms with Crippen LogP contribution in [0.5, 0.6) is 0 Å². The van der Waals surface area contributed by atoms with Crippen molar-refractivity contribution in [1.29, 1.82) is 0 Å². The molecule has 1 aliphatic carbocycles. The van der Waals surface area contributed by atoms with Crippen LogP contribution in [0, 0.1) is 5.92 Å². The molecule has 0 saturated heterocycles. The summed E-state index contributed by atoms with van der Waals surface area (Å²) in [4.78, 5) is 15.7. The zero-order chi connectivity index (χ0) is 20.5. The molecule has 30 heavy (non-hydrogen) atoms. The number of nitrogens with one attached hydrogen (secondary N) is 2. The van der Waals surface area contributed by atoms with E-state index in [9.17, 15) is 4.79 Å². The predicted octanol–water partition coefficient (Wildman–Crippen LogP) is 4.07. The molecule has 1 atom stereocenters. The van der Waals surface area contributed by atoms with Crippen LogP contribution in [0.25, 0.3) is 22.3 Å². The van der Waals surface area contributed by atoms with E-state index in [4.69, 9.17) is 4.42 Å². The van der Waals surface area contributed by atoms with Crippen molar-refractivity contribution in [1.82, 2.24) is 25.1 Å². The Bertz CT molecular complexity index is 1160. The van der Waals surface area contributed by atoms with Gasteiger partial charge >= 0.3 is 0 Å². The minimum atomic E-state index is 0.0283. The molecule has 8 heteroatoms. The maximum Gasteiger partial charge on any atom is 0.230 e. The maximum absolute atomic E-state index is 12.4. The number of para-hydroxylation sites is 1. The molecule has 3 aromatic heterocycles. The number of benzene rings is 1. The first kappa shape index (κ1) is 19.0. The summed E-state index contributed by atoms with van der Waals surface area (Å²) in [6, 6.07) is 12.1. The van der Waals surface area contributed by atoms with E-state index in [1.54, 1.807) is 6.26 Å². The van der Waals surface area contributed by atoms with Crippen molar-refractivity contribution in [3.8, 4) is 11.4 Å². The van der Waals surface area contributed by atoms with Gasteiger partial charge in [0.25, 0.3) is 0 Å². The lowest BCUT2D eigenvalue weighted by Gasteiger charge is -2.12. The molecule has 1 saturated carbocycles. The van der Waals surface area contributed by atoms with Gasteiger partial charge in [-0.1, -0.05) is 30.0 Å². The number of aromatic amines is 1. The number of fused-ring (bicyclic) bond motifs is 1. The Balaban J connectivity index is 1.41. The number of H-pyrrole nitrogens is 1. The largest absolute Gasteiger partial charge is 0.467 e. The summed E-state index contributed by atoms with van der Waals surface area (Å²) < 4.78 is 7.57. The van der Waals surface area contributed by atoms with Crippen molar-refractivity contribution in [3.05, 3.63) is 54.6 Å². The fraction of sp³-hybridized carbons (Fsp3) is 0.318. The van der Waals surface area contributed by atoms with Gasteiger partial charge in [0.15, 0.2) is 11.0 Å². The number of carbonyl (C=O) groups is 1. The van der Waals surface area contributed by atoms with Crippen LogP contribution in [-0.2, 0) is 11.3 Å². The van der Waals surface area contributed by atoms with E-state index >= 15 is 0 Å². The minimum Gasteiger partial charge on any atom is -0.467 e. The molecule has 154 valence electrons. The molecule has 4 aromatic rings. The number of amides is 1. The highest BCUT2D eigenvalue weighted by molar-refractivity contribution is 7.99. The molecular formula is C22H23N5O2S. The Hall–Kier alpha value is -3.00. The number of hydrogen-bond donors (Lipinski definition) is 2. The molecule has 1 aromatic carbocycles. The molecular weight excluding hydrogens is 398 g/mol. The van der Waals surface area contributed by atoms with Gasteiger partial charge in [0.1, 0.15) is 5.76 Å². The lowest BCUT2D eigenvalue weighted by atomic mass is 10.1. The van der Waals surface area contributed by atoms with Crippen molar-refractivity contribution in [2.45, 2.75) is 37.5 Å². The third-order valence-corrected chi connectivity index (χ3v) is 6.46. The number of furan rings is 1. The zero-order valence-corrected chi connectivity index (χ0v) is 17.5. The van der Waals surface area contributed by atoms with Gasteiger partial charge in [-0.15, -0.1) is 10.2 Å². The quantitative estimate of drug-likeness (QED) is 0.419. The molecule has 5 rings (SSSR count). The van der Waals surface area contributed by atoms with E-state index in [1.807, 2.05) is 41.1 Å². The molecule has 0 unspecified atom stereocenters. The van der Waals surface area contributed by atoms with Gasteiger partial charge in [-0.2, -0.15) is 0 Å². The summed E-state index contributed by atoms with van der Waals surface area (Å²) in [5.41, 5.74) is 2.02. The third-order valence-electron chi connectivity index (χ3n) is 5.49. The Morgan fingerprint density at radius 3 is 2.97 bits per heavy atom. The number of nitrogens with zero attached hydrogens (tertiary/aromatic N) is 3. The van der Waals surface area contributed by atoms with Crippen LogP contribution in [0.15, 0.2) is 58.4 Å². The van der Waals surface area contributed by atoms with Crippen LogP contribution in [0.1, 0.15) is 25.5 Å². The standard InChI is InChI=1S/C22H23N5O2S/c1-14(15-8-9-15)24-20(28)13-30-22-26-25-21(27(22)12-16-5-4-10-29-16)18-11-23-19-7-3-2-6-17(18)19/h2-7,10-11,14-15,23H,8-9,12-13H2,1H3,(H,24,28)/t14-/m1/s1. The first-order valence-corrected chi connectivity index (χ1v) is 11.1. The number of rotatable bonds is 8. The van der Waals surface area contributed by atoms with E-state index in [-0.39, 0.29) is 11.9 Å². The molecule has 2 N–H and O–H groups in total. The van der Waals surface area contributed by atoms with Gasteiger partial charge in [0.05, 0.1) is 18.6 Å². The van der Waals surface area contributed by atoms with E-state index in [0.717, 1.165) is 28.1 Å². The topological polar surface area (TPSA) is 88.7 Å². The Labute approximate surface area is 178 Å². The zero-order valence-electron chi connectivity index (χ0n) is 16.7. The number of aromatic nitrogens is 4. The summed E-state index contributed by atoms with van der Waals surface area (Å²) in [6.07, 6.45) is 6.02. The molecule has 1 amide bonds. The van der Waals surface area contributed by atoms with Crippen LogP contribution in [0.2, 0.25) is 0 Å². The van der Waals surface area contributed by atoms with Crippen molar-refractivity contribution in [2.75, 3.05) is 5.75 Å². The average molecular weight is 422 g/mol. The Morgan fingerprint density at radius 2 is 2.17 bits per heavy atom. The highest BCUT2D eigenvalue weighted by Gasteiger charge is 2.29.